The predicted molar refractivity (Wildman–Crippen MR) is 223 cm³/mol. The number of hydrogen-bond acceptors (Lipinski definition) is 2. The Hall–Kier alpha value is -5.28. The van der Waals surface area contributed by atoms with Crippen LogP contribution in [0.1, 0.15) is 30.8 Å². The number of phenols is 1. The van der Waals surface area contributed by atoms with Crippen LogP contribution in [-0.2, 0) is 5.41 Å². The van der Waals surface area contributed by atoms with Crippen LogP contribution in [0.2, 0.25) is 0 Å². The predicted octanol–water partition coefficient (Wildman–Crippen LogP) is 3.75. The van der Waals surface area contributed by atoms with Crippen molar-refractivity contribution in [3.8, 4) is 44.8 Å². The van der Waals surface area contributed by atoms with Crippen molar-refractivity contribution in [2.45, 2.75) is 26.2 Å². The van der Waals surface area contributed by atoms with Gasteiger partial charge in [-0.15, -0.1) is 0 Å². The lowest BCUT2D eigenvalue weighted by Gasteiger charge is -2.30. The third-order valence-corrected chi connectivity index (χ3v) is 11.0. The van der Waals surface area contributed by atoms with Gasteiger partial charge in [0.2, 0.25) is 0 Å². The van der Waals surface area contributed by atoms with Crippen molar-refractivity contribution in [2.75, 3.05) is 0 Å². The van der Waals surface area contributed by atoms with E-state index in [2.05, 4.69) is 71.3 Å². The molecule has 0 spiro atoms. The van der Waals surface area contributed by atoms with Crippen LogP contribution in [0.25, 0.3) is 71.6 Å². The SMILES string of the molecule is [B]c1c([B])c2c(c([B])c1O)C(C)(C)c1c([B])c(-c3c4ccccc4c(-c4ccccc4-n4c(C)nc5ccccc54)c4ccccc34)c([B])c([B])c1-2. The second-order valence-electron chi connectivity index (χ2n) is 14.2. The fourth-order valence-corrected chi connectivity index (χ4v) is 8.83. The van der Waals surface area contributed by atoms with Gasteiger partial charge in [-0.1, -0.05) is 125 Å². The van der Waals surface area contributed by atoms with Crippen molar-refractivity contribution in [2.24, 2.45) is 0 Å². The molecule has 0 atom stereocenters. The van der Waals surface area contributed by atoms with Crippen molar-refractivity contribution < 1.29 is 5.11 Å². The summed E-state index contributed by atoms with van der Waals surface area (Å²) in [6, 6.07) is 33.3. The maximum absolute atomic E-state index is 10.9. The first kappa shape index (κ1) is 32.6. The summed E-state index contributed by atoms with van der Waals surface area (Å²) in [6.07, 6.45) is 0. The van der Waals surface area contributed by atoms with Gasteiger partial charge in [-0.2, -0.15) is 0 Å². The molecule has 0 saturated heterocycles. The van der Waals surface area contributed by atoms with Gasteiger partial charge in [0.05, 0.1) is 16.7 Å². The molecule has 1 aromatic heterocycles. The summed E-state index contributed by atoms with van der Waals surface area (Å²) in [4.78, 5) is 4.89. The van der Waals surface area contributed by atoms with Gasteiger partial charge < -0.3 is 5.11 Å². The number of imidazole rings is 1. The van der Waals surface area contributed by atoms with Gasteiger partial charge in [-0.3, -0.25) is 4.57 Å². The quantitative estimate of drug-likeness (QED) is 0.234. The number of fused-ring (bicyclic) bond motifs is 6. The van der Waals surface area contributed by atoms with E-state index in [0.29, 0.717) is 38.6 Å². The Morgan fingerprint density at radius 2 is 1.00 bits per heavy atom. The molecule has 0 fully saturated rings. The molecule has 12 radical (unpaired) electrons. The topological polar surface area (TPSA) is 38.0 Å². The van der Waals surface area contributed by atoms with Gasteiger partial charge in [0, 0.05) is 11.0 Å². The Kier molecular flexibility index (Phi) is 7.12. The van der Waals surface area contributed by atoms with Gasteiger partial charge >= 0.3 is 0 Å². The maximum atomic E-state index is 10.9. The van der Waals surface area contributed by atoms with Crippen molar-refractivity contribution in [3.63, 3.8) is 0 Å². The van der Waals surface area contributed by atoms with Crippen LogP contribution in [0.3, 0.4) is 0 Å². The normalized spacial score (nSPS) is 13.2. The van der Waals surface area contributed by atoms with E-state index in [9.17, 15) is 5.11 Å². The van der Waals surface area contributed by atoms with Crippen LogP contribution in [-0.4, -0.2) is 61.7 Å². The molecule has 0 saturated carbocycles. The number of aryl methyl sites for hydroxylation is 1. The first-order valence-electron chi connectivity index (χ1n) is 17.1. The van der Waals surface area contributed by atoms with Crippen LogP contribution in [0, 0.1) is 6.92 Å². The molecule has 1 aliphatic carbocycles. The Bertz CT molecular complexity index is 2820. The van der Waals surface area contributed by atoms with E-state index in [0.717, 1.165) is 66.3 Å². The number of aromatic hydroxyl groups is 1. The molecule has 7 aromatic carbocycles. The first-order valence-corrected chi connectivity index (χ1v) is 17.1. The smallest absolute Gasteiger partial charge is 0.119 e. The summed E-state index contributed by atoms with van der Waals surface area (Å²) >= 11 is 0. The number of benzene rings is 7. The van der Waals surface area contributed by atoms with Crippen LogP contribution >= 0.6 is 0 Å². The molecule has 1 N–H and O–H groups in total. The minimum Gasteiger partial charge on any atom is -0.509 e. The number of hydrogen-bond donors (Lipinski definition) is 1. The van der Waals surface area contributed by atoms with Crippen LogP contribution in [0.15, 0.2) is 97.1 Å². The fraction of sp³-hybridized carbons (Fsp3) is 0.0930. The first-order chi connectivity index (χ1) is 24.9. The highest BCUT2D eigenvalue weighted by Crippen LogP contribution is 2.49. The molecule has 0 aliphatic heterocycles. The van der Waals surface area contributed by atoms with Gasteiger partial charge in [0.25, 0.3) is 0 Å². The molecule has 1 aliphatic rings. The van der Waals surface area contributed by atoms with Gasteiger partial charge in [0.15, 0.2) is 0 Å². The highest BCUT2D eigenvalue weighted by molar-refractivity contribution is 6.60. The Morgan fingerprint density at radius 1 is 0.519 bits per heavy atom. The number of para-hydroxylation sites is 3. The number of rotatable bonds is 3. The van der Waals surface area contributed by atoms with Crippen molar-refractivity contribution in [1.82, 2.24) is 9.55 Å². The second kappa shape index (κ2) is 11.4. The fourth-order valence-electron chi connectivity index (χ4n) is 8.83. The lowest BCUT2D eigenvalue weighted by molar-refractivity contribution is 0.482. The van der Waals surface area contributed by atoms with Crippen molar-refractivity contribution in [1.29, 1.82) is 0 Å². The zero-order chi connectivity index (χ0) is 36.4. The molecule has 3 nitrogen and oxygen atoms in total. The standard InChI is InChI=1S/C43H26B6N2O/c1-20-50-26-17-9-11-19-28(26)51(20)27-18-10-8-16-25(27)29-21-12-4-6-14-23(21)30(24-15-7-5-13-22(24)29)33-36(44)34-31(37(45)39(33)47)32-35(43(34,2)3)40(48)42(52)41(49)38(32)46/h4-19,52H,1-3H3. The molecule has 52 heavy (non-hydrogen) atoms. The Morgan fingerprint density at radius 3 is 1.63 bits per heavy atom. The van der Waals surface area contributed by atoms with Crippen LogP contribution in [0.4, 0.5) is 0 Å². The zero-order valence-corrected chi connectivity index (χ0v) is 29.0. The lowest BCUT2D eigenvalue weighted by atomic mass is 9.63. The van der Waals surface area contributed by atoms with Gasteiger partial charge in [0.1, 0.15) is 58.7 Å². The third kappa shape index (κ3) is 4.20. The number of phenolic OH excluding ortho intramolecular Hbond substituents is 1. The van der Waals surface area contributed by atoms with Crippen molar-refractivity contribution in [3.05, 3.63) is 114 Å². The average molecular weight is 652 g/mol. The molecule has 0 amide bonds. The average Bonchev–Trinajstić information content (AvgIpc) is 3.61. The minimum atomic E-state index is -0.801. The Labute approximate surface area is 311 Å². The van der Waals surface area contributed by atoms with Crippen LogP contribution < -0.4 is 32.8 Å². The van der Waals surface area contributed by atoms with E-state index < -0.39 is 5.41 Å². The summed E-state index contributed by atoms with van der Waals surface area (Å²) in [5.41, 5.74) is 9.77. The summed E-state index contributed by atoms with van der Waals surface area (Å²) in [6.45, 7) is 6.03. The van der Waals surface area contributed by atoms with E-state index in [1.807, 2.05) is 51.1 Å². The second-order valence-corrected chi connectivity index (χ2v) is 14.2. The number of aromatic nitrogens is 2. The molecule has 9 rings (SSSR count). The third-order valence-electron chi connectivity index (χ3n) is 11.0. The van der Waals surface area contributed by atoms with Crippen molar-refractivity contribution >= 4 is 112 Å². The van der Waals surface area contributed by atoms with E-state index in [1.165, 1.54) is 0 Å². The molecule has 1 heterocycles. The minimum absolute atomic E-state index is 0.00717. The molecule has 232 valence electrons. The van der Waals surface area contributed by atoms with Gasteiger partial charge in [-0.25, -0.2) is 4.98 Å². The largest absolute Gasteiger partial charge is 0.509 e. The highest BCUT2D eigenvalue weighted by atomic mass is 16.3. The zero-order valence-electron chi connectivity index (χ0n) is 29.0. The highest BCUT2D eigenvalue weighted by Gasteiger charge is 2.41. The molecule has 0 unspecified atom stereocenters. The molecular formula is C43H26B6N2O. The lowest BCUT2D eigenvalue weighted by Crippen LogP contribution is -2.39. The molecule has 8 aromatic rings. The van der Waals surface area contributed by atoms with E-state index in [1.54, 1.807) is 0 Å². The monoisotopic (exact) mass is 652 g/mol. The summed E-state index contributed by atoms with van der Waals surface area (Å²) in [7, 11) is 40.9. The van der Waals surface area contributed by atoms with Gasteiger partial charge in [-0.05, 0) is 85.6 Å². The maximum Gasteiger partial charge on any atom is 0.119 e. The Balaban J connectivity index is 1.40. The molecule has 0 bridgehead atoms. The van der Waals surface area contributed by atoms with E-state index >= 15 is 0 Å². The van der Waals surface area contributed by atoms with Crippen LogP contribution in [0.5, 0.6) is 5.75 Å². The van der Waals surface area contributed by atoms with E-state index in [-0.39, 0.29) is 22.1 Å². The van der Waals surface area contributed by atoms with E-state index in [4.69, 9.17) is 52.1 Å². The summed E-state index contributed by atoms with van der Waals surface area (Å²) in [5.74, 6) is 0.641. The molecule has 9 heteroatoms. The summed E-state index contributed by atoms with van der Waals surface area (Å²) in [5, 5.41) is 14.8. The summed E-state index contributed by atoms with van der Waals surface area (Å²) < 4.78 is 2.22. The molecular weight excluding hydrogens is 625 g/mol. The number of nitrogens with zero attached hydrogens (tertiary/aromatic N) is 2.